The zero-order valence-corrected chi connectivity index (χ0v) is 12.4. The van der Waals surface area contributed by atoms with Crippen LogP contribution in [0.2, 0.25) is 10.0 Å². The minimum Gasteiger partial charge on any atom is -0.454 e. The van der Waals surface area contributed by atoms with E-state index >= 15 is 0 Å². The minimum absolute atomic E-state index is 0.128. The van der Waals surface area contributed by atoms with Crippen molar-refractivity contribution in [3.05, 3.63) is 57.6 Å². The van der Waals surface area contributed by atoms with E-state index in [0.717, 1.165) is 5.56 Å². The Kier molecular flexibility index (Phi) is 3.90. The fraction of sp³-hybridized carbons (Fsp3) is 0.133. The van der Waals surface area contributed by atoms with Gasteiger partial charge in [0.2, 0.25) is 6.79 Å². The van der Waals surface area contributed by atoms with Crippen LogP contribution in [0.5, 0.6) is 11.5 Å². The average molecular weight is 324 g/mol. The summed E-state index contributed by atoms with van der Waals surface area (Å²) >= 11 is 11.9. The molecule has 0 saturated heterocycles. The molecule has 0 radical (unpaired) electrons. The number of carbonyl (C=O) groups excluding carboxylic acids is 1. The van der Waals surface area contributed by atoms with Gasteiger partial charge in [0.05, 0.1) is 5.56 Å². The van der Waals surface area contributed by atoms with Crippen molar-refractivity contribution in [1.82, 2.24) is 5.32 Å². The number of amides is 1. The number of para-hydroxylation sites is 1. The van der Waals surface area contributed by atoms with Gasteiger partial charge in [0, 0.05) is 16.6 Å². The van der Waals surface area contributed by atoms with Gasteiger partial charge in [-0.1, -0.05) is 35.3 Å². The zero-order chi connectivity index (χ0) is 14.8. The van der Waals surface area contributed by atoms with E-state index in [1.54, 1.807) is 36.4 Å². The molecule has 0 spiro atoms. The third-order valence-corrected chi connectivity index (χ3v) is 3.68. The van der Waals surface area contributed by atoms with Crippen LogP contribution in [0.3, 0.4) is 0 Å². The predicted molar refractivity (Wildman–Crippen MR) is 80.2 cm³/mol. The molecular formula is C15H11Cl2NO3. The second-order valence-corrected chi connectivity index (χ2v) is 5.30. The van der Waals surface area contributed by atoms with Gasteiger partial charge < -0.3 is 14.8 Å². The van der Waals surface area contributed by atoms with Crippen LogP contribution in [-0.4, -0.2) is 12.7 Å². The first-order valence-electron chi connectivity index (χ1n) is 6.26. The van der Waals surface area contributed by atoms with Gasteiger partial charge in [-0.15, -0.1) is 0 Å². The van der Waals surface area contributed by atoms with Crippen molar-refractivity contribution < 1.29 is 14.3 Å². The Morgan fingerprint density at radius 2 is 2.05 bits per heavy atom. The fourth-order valence-corrected chi connectivity index (χ4v) is 2.52. The molecule has 0 fully saturated rings. The van der Waals surface area contributed by atoms with Crippen LogP contribution in [-0.2, 0) is 6.54 Å². The van der Waals surface area contributed by atoms with E-state index in [1.165, 1.54) is 0 Å². The Morgan fingerprint density at radius 1 is 1.19 bits per heavy atom. The van der Waals surface area contributed by atoms with Gasteiger partial charge in [-0.3, -0.25) is 4.79 Å². The summed E-state index contributed by atoms with van der Waals surface area (Å²) in [5, 5.41) is 3.87. The van der Waals surface area contributed by atoms with E-state index in [4.69, 9.17) is 32.7 Å². The highest BCUT2D eigenvalue weighted by molar-refractivity contribution is 6.35. The molecule has 0 saturated carbocycles. The molecule has 1 aliphatic rings. The van der Waals surface area contributed by atoms with Crippen LogP contribution in [0.25, 0.3) is 0 Å². The summed E-state index contributed by atoms with van der Waals surface area (Å²) < 4.78 is 10.6. The molecule has 21 heavy (non-hydrogen) atoms. The van der Waals surface area contributed by atoms with Gasteiger partial charge in [-0.2, -0.15) is 0 Å². The average Bonchev–Trinajstić information content (AvgIpc) is 2.94. The summed E-state index contributed by atoms with van der Waals surface area (Å²) in [6.45, 7) is 0.433. The van der Waals surface area contributed by atoms with Crippen molar-refractivity contribution in [1.29, 1.82) is 0 Å². The van der Waals surface area contributed by atoms with Crippen molar-refractivity contribution in [3.8, 4) is 11.5 Å². The SMILES string of the molecule is O=C(NCc1ccc(Cl)cc1Cl)c1cccc2c1OCO2. The summed E-state index contributed by atoms with van der Waals surface area (Å²) in [6.07, 6.45) is 0. The quantitative estimate of drug-likeness (QED) is 0.937. The highest BCUT2D eigenvalue weighted by atomic mass is 35.5. The van der Waals surface area contributed by atoms with Gasteiger partial charge in [0.15, 0.2) is 11.5 Å². The molecule has 1 heterocycles. The smallest absolute Gasteiger partial charge is 0.255 e. The zero-order valence-electron chi connectivity index (χ0n) is 10.9. The summed E-state index contributed by atoms with van der Waals surface area (Å²) in [5.74, 6) is 0.799. The number of hydrogen-bond donors (Lipinski definition) is 1. The maximum atomic E-state index is 12.2. The molecule has 0 bridgehead atoms. The van der Waals surface area contributed by atoms with Gasteiger partial charge >= 0.3 is 0 Å². The summed E-state index contributed by atoms with van der Waals surface area (Å²) in [4.78, 5) is 12.2. The van der Waals surface area contributed by atoms with Crippen molar-refractivity contribution in [2.75, 3.05) is 6.79 Å². The Bertz CT molecular complexity index is 703. The lowest BCUT2D eigenvalue weighted by Crippen LogP contribution is -2.23. The van der Waals surface area contributed by atoms with Gasteiger partial charge in [-0.05, 0) is 29.8 Å². The largest absolute Gasteiger partial charge is 0.454 e. The summed E-state index contributed by atoms with van der Waals surface area (Å²) in [7, 11) is 0. The summed E-state index contributed by atoms with van der Waals surface area (Å²) in [6, 6.07) is 10.3. The van der Waals surface area contributed by atoms with E-state index in [9.17, 15) is 4.79 Å². The lowest BCUT2D eigenvalue weighted by molar-refractivity contribution is 0.0946. The third-order valence-electron chi connectivity index (χ3n) is 3.10. The molecule has 2 aromatic rings. The molecular weight excluding hydrogens is 313 g/mol. The van der Waals surface area contributed by atoms with Crippen molar-refractivity contribution >= 4 is 29.1 Å². The minimum atomic E-state index is -0.247. The molecule has 0 aliphatic carbocycles. The Morgan fingerprint density at radius 3 is 2.86 bits per heavy atom. The molecule has 2 aromatic carbocycles. The molecule has 6 heteroatoms. The highest BCUT2D eigenvalue weighted by Gasteiger charge is 2.21. The van der Waals surface area contributed by atoms with Gasteiger partial charge in [0.25, 0.3) is 5.91 Å². The second-order valence-electron chi connectivity index (χ2n) is 4.46. The number of ether oxygens (including phenoxy) is 2. The number of rotatable bonds is 3. The van der Waals surface area contributed by atoms with Crippen molar-refractivity contribution in [2.24, 2.45) is 0 Å². The number of benzene rings is 2. The maximum Gasteiger partial charge on any atom is 0.255 e. The van der Waals surface area contributed by atoms with Crippen LogP contribution in [0.1, 0.15) is 15.9 Å². The van der Waals surface area contributed by atoms with E-state index in [1.807, 2.05) is 0 Å². The number of nitrogens with one attached hydrogen (secondary N) is 1. The predicted octanol–water partition coefficient (Wildman–Crippen LogP) is 3.65. The molecule has 1 aliphatic heterocycles. The van der Waals surface area contributed by atoms with Crippen LogP contribution in [0.15, 0.2) is 36.4 Å². The number of hydrogen-bond acceptors (Lipinski definition) is 3. The molecule has 108 valence electrons. The van der Waals surface area contributed by atoms with Crippen molar-refractivity contribution in [2.45, 2.75) is 6.54 Å². The first-order chi connectivity index (χ1) is 10.1. The second kappa shape index (κ2) is 5.84. The standard InChI is InChI=1S/C15H11Cl2NO3/c16-10-5-4-9(12(17)6-10)7-18-15(19)11-2-1-3-13-14(11)21-8-20-13/h1-6H,7-8H2,(H,18,19). The topological polar surface area (TPSA) is 47.6 Å². The maximum absolute atomic E-state index is 12.2. The fourth-order valence-electron chi connectivity index (χ4n) is 2.04. The third kappa shape index (κ3) is 2.91. The Balaban J connectivity index is 1.74. The first kappa shape index (κ1) is 14.0. The number of fused-ring (bicyclic) bond motifs is 1. The lowest BCUT2D eigenvalue weighted by atomic mass is 10.1. The lowest BCUT2D eigenvalue weighted by Gasteiger charge is -2.09. The van der Waals surface area contributed by atoms with Crippen LogP contribution < -0.4 is 14.8 Å². The highest BCUT2D eigenvalue weighted by Crippen LogP contribution is 2.35. The molecule has 1 N–H and O–H groups in total. The Hall–Kier alpha value is -1.91. The molecule has 0 aromatic heterocycles. The summed E-state index contributed by atoms with van der Waals surface area (Å²) in [5.41, 5.74) is 1.23. The van der Waals surface area contributed by atoms with Crippen LogP contribution >= 0.6 is 23.2 Å². The number of halogens is 2. The molecule has 0 atom stereocenters. The molecule has 3 rings (SSSR count). The van der Waals surface area contributed by atoms with E-state index < -0.39 is 0 Å². The molecule has 1 amide bonds. The number of carbonyl (C=O) groups is 1. The van der Waals surface area contributed by atoms with E-state index in [0.29, 0.717) is 33.7 Å². The molecule has 4 nitrogen and oxygen atoms in total. The first-order valence-corrected chi connectivity index (χ1v) is 7.01. The van der Waals surface area contributed by atoms with Crippen LogP contribution in [0.4, 0.5) is 0 Å². The Labute approximate surface area is 131 Å². The van der Waals surface area contributed by atoms with Gasteiger partial charge in [0.1, 0.15) is 0 Å². The van der Waals surface area contributed by atoms with E-state index in [2.05, 4.69) is 5.32 Å². The van der Waals surface area contributed by atoms with Crippen LogP contribution in [0, 0.1) is 0 Å². The monoisotopic (exact) mass is 323 g/mol. The van der Waals surface area contributed by atoms with Gasteiger partial charge in [-0.25, -0.2) is 0 Å². The van der Waals surface area contributed by atoms with Crippen molar-refractivity contribution in [3.63, 3.8) is 0 Å². The normalized spacial score (nSPS) is 12.3. The molecule has 0 unspecified atom stereocenters. The van der Waals surface area contributed by atoms with E-state index in [-0.39, 0.29) is 12.7 Å².